The maximum Gasteiger partial charge on any atom is 0.305 e. The summed E-state index contributed by atoms with van der Waals surface area (Å²) in [4.78, 5) is 35.0. The van der Waals surface area contributed by atoms with Crippen LogP contribution in [0, 0.1) is 6.92 Å². The van der Waals surface area contributed by atoms with E-state index in [4.69, 9.17) is 13.9 Å². The summed E-state index contributed by atoms with van der Waals surface area (Å²) in [7, 11) is 1.42. The van der Waals surface area contributed by atoms with Crippen molar-refractivity contribution >= 4 is 29.1 Å². The Balaban J connectivity index is 1.57. The van der Waals surface area contributed by atoms with Gasteiger partial charge in [0.25, 0.3) is 5.91 Å². The van der Waals surface area contributed by atoms with Gasteiger partial charge in [0, 0.05) is 16.5 Å². The first-order valence-corrected chi connectivity index (χ1v) is 8.36. The van der Waals surface area contributed by atoms with Crippen LogP contribution in [0.1, 0.15) is 26.5 Å². The summed E-state index contributed by atoms with van der Waals surface area (Å²) in [5.41, 5.74) is 6.24. The van der Waals surface area contributed by atoms with Crippen LogP contribution in [0.2, 0.25) is 0 Å². The van der Waals surface area contributed by atoms with Crippen LogP contribution < -0.4 is 20.3 Å². The van der Waals surface area contributed by atoms with Gasteiger partial charge >= 0.3 is 5.91 Å². The molecule has 0 atom stereocenters. The minimum Gasteiger partial charge on any atom is -0.493 e. The van der Waals surface area contributed by atoms with Gasteiger partial charge in [-0.25, -0.2) is 0 Å². The van der Waals surface area contributed by atoms with Gasteiger partial charge in [0.15, 0.2) is 23.9 Å². The minimum absolute atomic E-state index is 0.119. The lowest BCUT2D eigenvalue weighted by molar-refractivity contribution is -0.123. The number of aryl methyl sites for hydroxylation is 1. The number of rotatable bonds is 6. The molecule has 0 unspecified atom stereocenters. The number of hydrazine groups is 1. The monoisotopic (exact) mass is 382 g/mol. The van der Waals surface area contributed by atoms with E-state index < -0.39 is 11.8 Å². The molecule has 0 bridgehead atoms. The standard InChI is InChI=1S/C20H18N2O6/c1-12-14-5-3-4-6-15(14)28-19(12)20(25)22-21-18(24)11-27-16-8-7-13(10-23)9-17(16)26-2/h3-10H,11H2,1-2H3,(H,21,24)(H,22,25). The number of methoxy groups -OCH3 is 1. The fourth-order valence-electron chi connectivity index (χ4n) is 2.63. The first-order valence-electron chi connectivity index (χ1n) is 8.36. The van der Waals surface area contributed by atoms with Gasteiger partial charge < -0.3 is 13.9 Å². The third-order valence-corrected chi connectivity index (χ3v) is 4.05. The second-order valence-corrected chi connectivity index (χ2v) is 5.87. The maximum atomic E-state index is 12.3. The van der Waals surface area contributed by atoms with Gasteiger partial charge in [-0.15, -0.1) is 0 Å². The number of nitrogens with one attached hydrogen (secondary N) is 2. The van der Waals surface area contributed by atoms with Gasteiger partial charge in [-0.1, -0.05) is 18.2 Å². The Morgan fingerprint density at radius 3 is 2.61 bits per heavy atom. The molecule has 0 aliphatic rings. The van der Waals surface area contributed by atoms with Crippen molar-refractivity contribution in [2.45, 2.75) is 6.92 Å². The van der Waals surface area contributed by atoms with Gasteiger partial charge in [0.1, 0.15) is 11.9 Å². The summed E-state index contributed by atoms with van der Waals surface area (Å²) in [6.45, 7) is 1.40. The molecule has 3 aromatic rings. The molecular weight excluding hydrogens is 364 g/mol. The highest BCUT2D eigenvalue weighted by atomic mass is 16.5. The van der Waals surface area contributed by atoms with Crippen molar-refractivity contribution in [3.05, 3.63) is 59.4 Å². The average Bonchev–Trinajstić information content (AvgIpc) is 3.07. The number of hydrogen-bond donors (Lipinski definition) is 2. The quantitative estimate of drug-likeness (QED) is 0.501. The van der Waals surface area contributed by atoms with E-state index in [-0.39, 0.29) is 12.4 Å². The smallest absolute Gasteiger partial charge is 0.305 e. The number of para-hydroxylation sites is 1. The van der Waals surface area contributed by atoms with Crippen LogP contribution in [-0.4, -0.2) is 31.8 Å². The lowest BCUT2D eigenvalue weighted by Crippen LogP contribution is -2.43. The maximum absolute atomic E-state index is 12.3. The lowest BCUT2D eigenvalue weighted by atomic mass is 10.1. The SMILES string of the molecule is COc1cc(C=O)ccc1OCC(=O)NNC(=O)c1oc2ccccc2c1C. The third kappa shape index (κ3) is 3.96. The summed E-state index contributed by atoms with van der Waals surface area (Å²) in [5.74, 6) is -0.422. The lowest BCUT2D eigenvalue weighted by Gasteiger charge is -2.11. The van der Waals surface area contributed by atoms with Crippen LogP contribution in [0.15, 0.2) is 46.9 Å². The second-order valence-electron chi connectivity index (χ2n) is 5.87. The Kier molecular flexibility index (Phi) is 5.59. The highest BCUT2D eigenvalue weighted by Gasteiger charge is 2.18. The molecular formula is C20H18N2O6. The molecule has 2 amide bonds. The molecule has 144 valence electrons. The first kappa shape index (κ1) is 19.0. The number of carbonyl (C=O) groups is 3. The van der Waals surface area contributed by atoms with Crippen molar-refractivity contribution in [3.63, 3.8) is 0 Å². The van der Waals surface area contributed by atoms with Crippen LogP contribution in [0.5, 0.6) is 11.5 Å². The van der Waals surface area contributed by atoms with Crippen LogP contribution in [0.25, 0.3) is 11.0 Å². The first-order chi connectivity index (χ1) is 13.5. The predicted octanol–water partition coefficient (Wildman–Crippen LogP) is 2.40. The Hall–Kier alpha value is -3.81. The number of fused-ring (bicyclic) bond motifs is 1. The molecule has 1 aromatic heterocycles. The molecule has 8 nitrogen and oxygen atoms in total. The topological polar surface area (TPSA) is 107 Å². The summed E-state index contributed by atoms with van der Waals surface area (Å²) < 4.78 is 16.0. The number of carbonyl (C=O) groups excluding carboxylic acids is 3. The zero-order chi connectivity index (χ0) is 20.1. The molecule has 0 radical (unpaired) electrons. The molecule has 8 heteroatoms. The Morgan fingerprint density at radius 2 is 1.89 bits per heavy atom. The minimum atomic E-state index is -0.580. The van der Waals surface area contributed by atoms with Crippen molar-refractivity contribution in [1.29, 1.82) is 0 Å². The molecule has 2 N–H and O–H groups in total. The van der Waals surface area contributed by atoms with E-state index in [9.17, 15) is 14.4 Å². The van der Waals surface area contributed by atoms with Crippen LogP contribution in [-0.2, 0) is 4.79 Å². The van der Waals surface area contributed by atoms with Crippen LogP contribution in [0.3, 0.4) is 0 Å². The number of amides is 2. The molecule has 0 aliphatic heterocycles. The summed E-state index contributed by atoms with van der Waals surface area (Å²) in [6.07, 6.45) is 0.675. The Labute approximate surface area is 160 Å². The van der Waals surface area contributed by atoms with Crippen molar-refractivity contribution in [2.75, 3.05) is 13.7 Å². The molecule has 0 fully saturated rings. The zero-order valence-corrected chi connectivity index (χ0v) is 15.3. The predicted molar refractivity (Wildman–Crippen MR) is 100 cm³/mol. The normalized spacial score (nSPS) is 10.4. The molecule has 28 heavy (non-hydrogen) atoms. The number of hydrogen-bond acceptors (Lipinski definition) is 6. The van der Waals surface area contributed by atoms with Gasteiger partial charge in [-0.05, 0) is 31.2 Å². The molecule has 2 aromatic carbocycles. The zero-order valence-electron chi connectivity index (χ0n) is 15.3. The van der Waals surface area contributed by atoms with Crippen molar-refractivity contribution < 1.29 is 28.3 Å². The van der Waals surface area contributed by atoms with Crippen LogP contribution >= 0.6 is 0 Å². The molecule has 1 heterocycles. The van der Waals surface area contributed by atoms with Crippen molar-refractivity contribution in [2.24, 2.45) is 0 Å². The highest BCUT2D eigenvalue weighted by molar-refractivity contribution is 5.99. The largest absolute Gasteiger partial charge is 0.493 e. The summed E-state index contributed by atoms with van der Waals surface area (Å²) in [5, 5.41) is 0.827. The second kappa shape index (κ2) is 8.26. The molecule has 3 rings (SSSR count). The van der Waals surface area contributed by atoms with Crippen molar-refractivity contribution in [1.82, 2.24) is 10.9 Å². The van der Waals surface area contributed by atoms with Gasteiger partial charge in [0.2, 0.25) is 0 Å². The van der Waals surface area contributed by atoms with E-state index in [0.29, 0.717) is 34.5 Å². The molecule has 0 saturated carbocycles. The number of furan rings is 1. The van der Waals surface area contributed by atoms with E-state index >= 15 is 0 Å². The fraction of sp³-hybridized carbons (Fsp3) is 0.150. The van der Waals surface area contributed by atoms with Crippen LogP contribution in [0.4, 0.5) is 0 Å². The summed E-state index contributed by atoms with van der Waals surface area (Å²) >= 11 is 0. The van der Waals surface area contributed by atoms with Gasteiger partial charge in [-0.2, -0.15) is 0 Å². The number of benzene rings is 2. The van der Waals surface area contributed by atoms with E-state index in [1.807, 2.05) is 18.2 Å². The number of ether oxygens (including phenoxy) is 2. The Bertz CT molecular complexity index is 1040. The molecule has 0 aliphatic carbocycles. The van der Waals surface area contributed by atoms with Gasteiger partial charge in [0.05, 0.1) is 7.11 Å². The van der Waals surface area contributed by atoms with Crippen molar-refractivity contribution in [3.8, 4) is 11.5 Å². The summed E-state index contributed by atoms with van der Waals surface area (Å²) in [6, 6.07) is 11.8. The van der Waals surface area contributed by atoms with E-state index in [2.05, 4.69) is 10.9 Å². The number of aldehydes is 1. The van der Waals surface area contributed by atoms with E-state index in [0.717, 1.165) is 5.39 Å². The Morgan fingerprint density at radius 1 is 1.11 bits per heavy atom. The molecule has 0 spiro atoms. The highest BCUT2D eigenvalue weighted by Crippen LogP contribution is 2.27. The van der Waals surface area contributed by atoms with E-state index in [1.165, 1.54) is 25.3 Å². The molecule has 0 saturated heterocycles. The van der Waals surface area contributed by atoms with E-state index in [1.54, 1.807) is 13.0 Å². The third-order valence-electron chi connectivity index (χ3n) is 4.05. The van der Waals surface area contributed by atoms with Gasteiger partial charge in [-0.3, -0.25) is 25.2 Å². The fourth-order valence-corrected chi connectivity index (χ4v) is 2.63. The average molecular weight is 382 g/mol.